The van der Waals surface area contributed by atoms with Gasteiger partial charge in [0.05, 0.1) is 4.90 Å². The van der Waals surface area contributed by atoms with Gasteiger partial charge in [-0.05, 0) is 68.8 Å². The van der Waals surface area contributed by atoms with Crippen LogP contribution in [0.5, 0.6) is 0 Å². The molecule has 3 amide bonds. The van der Waals surface area contributed by atoms with E-state index in [2.05, 4.69) is 5.32 Å². The van der Waals surface area contributed by atoms with Gasteiger partial charge in [-0.25, -0.2) is 13.2 Å². The lowest BCUT2D eigenvalue weighted by Gasteiger charge is -2.23. The lowest BCUT2D eigenvalue weighted by atomic mass is 10.2. The fourth-order valence-corrected chi connectivity index (χ4v) is 4.95. The molecule has 33 heavy (non-hydrogen) atoms. The molecule has 2 aromatic carbocycles. The molecular weight excluding hydrogens is 464 g/mol. The van der Waals surface area contributed by atoms with Gasteiger partial charge in [0.25, 0.3) is 5.91 Å². The maximum atomic E-state index is 13.0. The summed E-state index contributed by atoms with van der Waals surface area (Å²) in [4.78, 5) is 29.1. The summed E-state index contributed by atoms with van der Waals surface area (Å²) in [6, 6.07) is 12.5. The van der Waals surface area contributed by atoms with Gasteiger partial charge in [-0.2, -0.15) is 4.31 Å². The first-order valence-corrected chi connectivity index (χ1v) is 12.6. The predicted octanol–water partition coefficient (Wildman–Crippen LogP) is 3.75. The smallest absolute Gasteiger partial charge is 0.321 e. The molecule has 0 saturated carbocycles. The molecule has 0 bridgehead atoms. The van der Waals surface area contributed by atoms with Crippen molar-refractivity contribution >= 4 is 39.2 Å². The Morgan fingerprint density at radius 2 is 1.52 bits per heavy atom. The highest BCUT2D eigenvalue weighted by Crippen LogP contribution is 2.19. The number of hydrogen-bond donors (Lipinski definition) is 1. The second-order valence-corrected chi connectivity index (χ2v) is 10.6. The number of benzene rings is 2. The molecule has 1 aliphatic rings. The van der Waals surface area contributed by atoms with Gasteiger partial charge in [-0.1, -0.05) is 11.6 Å². The number of nitrogens with zero attached hydrogens (tertiary/aromatic N) is 3. The number of anilines is 1. The minimum atomic E-state index is -3.61. The number of nitrogens with one attached hydrogen (secondary N) is 1. The number of hydrogen-bond acceptors (Lipinski definition) is 4. The van der Waals surface area contributed by atoms with E-state index in [1.54, 1.807) is 60.0 Å². The minimum absolute atomic E-state index is 0.149. The third kappa shape index (κ3) is 6.04. The average Bonchev–Trinajstić information content (AvgIpc) is 3.06. The van der Waals surface area contributed by atoms with Crippen molar-refractivity contribution in [1.82, 2.24) is 14.1 Å². The van der Waals surface area contributed by atoms with E-state index < -0.39 is 10.0 Å². The molecule has 1 fully saturated rings. The molecule has 178 valence electrons. The molecule has 0 radical (unpaired) electrons. The van der Waals surface area contributed by atoms with Gasteiger partial charge in [0.15, 0.2) is 0 Å². The Morgan fingerprint density at radius 1 is 0.939 bits per heavy atom. The van der Waals surface area contributed by atoms with E-state index in [1.165, 1.54) is 23.5 Å². The van der Waals surface area contributed by atoms with Gasteiger partial charge in [0.1, 0.15) is 0 Å². The van der Waals surface area contributed by atoms with E-state index in [0.717, 1.165) is 0 Å². The van der Waals surface area contributed by atoms with Crippen molar-refractivity contribution < 1.29 is 18.0 Å². The molecule has 0 aliphatic carbocycles. The predicted molar refractivity (Wildman–Crippen MR) is 129 cm³/mol. The lowest BCUT2D eigenvalue weighted by Crippen LogP contribution is -2.39. The fraction of sp³-hybridized carbons (Fsp3) is 0.391. The quantitative estimate of drug-likeness (QED) is 0.688. The van der Waals surface area contributed by atoms with Gasteiger partial charge in [0.2, 0.25) is 10.0 Å². The summed E-state index contributed by atoms with van der Waals surface area (Å²) in [6.07, 6.45) is 0.644. The number of sulfonamides is 1. The maximum Gasteiger partial charge on any atom is 0.321 e. The van der Waals surface area contributed by atoms with Gasteiger partial charge < -0.3 is 15.1 Å². The average molecular weight is 493 g/mol. The number of amides is 3. The normalized spacial score (nSPS) is 15.0. The van der Waals surface area contributed by atoms with E-state index in [-0.39, 0.29) is 22.9 Å². The van der Waals surface area contributed by atoms with Crippen LogP contribution in [-0.4, -0.2) is 73.7 Å². The topological polar surface area (TPSA) is 90.0 Å². The highest BCUT2D eigenvalue weighted by Gasteiger charge is 2.25. The summed E-state index contributed by atoms with van der Waals surface area (Å²) in [5.74, 6) is -0.184. The van der Waals surface area contributed by atoms with Crippen molar-refractivity contribution in [2.75, 3.05) is 38.5 Å². The van der Waals surface area contributed by atoms with Crippen LogP contribution in [0.2, 0.25) is 5.02 Å². The van der Waals surface area contributed by atoms with Crippen LogP contribution in [-0.2, 0) is 10.0 Å². The molecule has 0 aromatic heterocycles. The van der Waals surface area contributed by atoms with Crippen LogP contribution in [0.25, 0.3) is 0 Å². The van der Waals surface area contributed by atoms with Crippen molar-refractivity contribution in [3.8, 4) is 0 Å². The third-order valence-corrected chi connectivity index (χ3v) is 7.97. The molecule has 1 aliphatic heterocycles. The van der Waals surface area contributed by atoms with Gasteiger partial charge >= 0.3 is 6.03 Å². The number of halogens is 1. The highest BCUT2D eigenvalue weighted by atomic mass is 35.5. The standard InChI is InChI=1S/C23H29ClN4O4S/c1-17(2)26(3)33(31,32)21-11-5-18(6-12-21)22(29)27-13-4-14-28(16-15-27)23(30)25-20-9-7-19(24)8-10-20/h5-12,17H,4,13-16H2,1-3H3,(H,25,30). The zero-order valence-corrected chi connectivity index (χ0v) is 20.6. The molecule has 2 aromatic rings. The van der Waals surface area contributed by atoms with Crippen LogP contribution in [0.3, 0.4) is 0 Å². The molecule has 1 heterocycles. The molecule has 10 heteroatoms. The molecule has 1 saturated heterocycles. The van der Waals surface area contributed by atoms with Crippen molar-refractivity contribution in [2.24, 2.45) is 0 Å². The number of carbonyl (C=O) groups is 2. The second kappa shape index (κ2) is 10.5. The molecule has 3 rings (SSSR count). The van der Waals surface area contributed by atoms with E-state index >= 15 is 0 Å². The summed E-state index contributed by atoms with van der Waals surface area (Å²) >= 11 is 5.88. The maximum absolute atomic E-state index is 13.0. The first kappa shape index (κ1) is 25.0. The van der Waals surface area contributed by atoms with E-state index in [0.29, 0.717) is 48.9 Å². The number of carbonyl (C=O) groups excluding carboxylic acids is 2. The van der Waals surface area contributed by atoms with Gasteiger partial charge in [0, 0.05) is 55.5 Å². The Hall–Kier alpha value is -2.62. The minimum Gasteiger partial charge on any atom is -0.337 e. The monoisotopic (exact) mass is 492 g/mol. The van der Waals surface area contributed by atoms with Crippen LogP contribution in [0, 0.1) is 0 Å². The molecule has 0 unspecified atom stereocenters. The summed E-state index contributed by atoms with van der Waals surface area (Å²) in [6.45, 7) is 5.43. The SMILES string of the molecule is CC(C)N(C)S(=O)(=O)c1ccc(C(=O)N2CCCN(C(=O)Nc3ccc(Cl)cc3)CC2)cc1. The molecule has 0 atom stereocenters. The van der Waals surface area contributed by atoms with Crippen LogP contribution < -0.4 is 5.32 Å². The van der Waals surface area contributed by atoms with Crippen molar-refractivity contribution in [3.63, 3.8) is 0 Å². The summed E-state index contributed by atoms with van der Waals surface area (Å²) < 4.78 is 26.6. The summed E-state index contributed by atoms with van der Waals surface area (Å²) in [7, 11) is -2.07. The highest BCUT2D eigenvalue weighted by molar-refractivity contribution is 7.89. The Balaban J connectivity index is 1.62. The van der Waals surface area contributed by atoms with E-state index in [1.807, 2.05) is 0 Å². The Labute approximate surface area is 200 Å². The molecular formula is C23H29ClN4O4S. The Kier molecular flexibility index (Phi) is 7.99. The molecule has 1 N–H and O–H groups in total. The number of urea groups is 1. The van der Waals surface area contributed by atoms with Crippen molar-refractivity contribution in [3.05, 3.63) is 59.1 Å². The van der Waals surface area contributed by atoms with Gasteiger partial charge in [-0.3, -0.25) is 4.79 Å². The molecule has 8 nitrogen and oxygen atoms in total. The number of rotatable bonds is 5. The van der Waals surface area contributed by atoms with Crippen LogP contribution >= 0.6 is 11.6 Å². The lowest BCUT2D eigenvalue weighted by molar-refractivity contribution is 0.0762. The zero-order valence-electron chi connectivity index (χ0n) is 19.0. The summed E-state index contributed by atoms with van der Waals surface area (Å²) in [5, 5.41) is 3.44. The fourth-order valence-electron chi connectivity index (χ4n) is 3.46. The van der Waals surface area contributed by atoms with Crippen LogP contribution in [0.1, 0.15) is 30.6 Å². The third-order valence-electron chi connectivity index (χ3n) is 5.67. The van der Waals surface area contributed by atoms with E-state index in [4.69, 9.17) is 11.6 Å². The van der Waals surface area contributed by atoms with Gasteiger partial charge in [-0.15, -0.1) is 0 Å². The van der Waals surface area contributed by atoms with E-state index in [9.17, 15) is 18.0 Å². The van der Waals surface area contributed by atoms with Crippen molar-refractivity contribution in [2.45, 2.75) is 31.2 Å². The largest absolute Gasteiger partial charge is 0.337 e. The van der Waals surface area contributed by atoms with Crippen LogP contribution in [0.15, 0.2) is 53.4 Å². The first-order valence-electron chi connectivity index (χ1n) is 10.8. The second-order valence-electron chi connectivity index (χ2n) is 8.21. The Morgan fingerprint density at radius 3 is 2.12 bits per heavy atom. The Bertz CT molecular complexity index is 1090. The first-order chi connectivity index (χ1) is 15.6. The summed E-state index contributed by atoms with van der Waals surface area (Å²) in [5.41, 5.74) is 1.07. The van der Waals surface area contributed by atoms with Crippen molar-refractivity contribution in [1.29, 1.82) is 0 Å². The van der Waals surface area contributed by atoms with Crippen LogP contribution in [0.4, 0.5) is 10.5 Å². The zero-order chi connectivity index (χ0) is 24.2. The molecule has 0 spiro atoms.